The maximum Gasteiger partial charge on any atom is 0.322 e. The second-order valence-electron chi connectivity index (χ2n) is 5.72. The fourth-order valence-electron chi connectivity index (χ4n) is 3.40. The molecule has 0 aromatic carbocycles. The van der Waals surface area contributed by atoms with E-state index in [9.17, 15) is 9.90 Å². The molecule has 0 bridgehead atoms. The van der Waals surface area contributed by atoms with Gasteiger partial charge in [-0.15, -0.1) is 0 Å². The standard InChI is InChI=1S/C14H27N3O2/c1-2-7-16-8-3-4-12(5-9-16)17-10-6-15-11-13(17)14(18)19/h12-13,15H,2-11H2,1H3,(H,18,19). The van der Waals surface area contributed by atoms with E-state index in [4.69, 9.17) is 0 Å². The largest absolute Gasteiger partial charge is 0.480 e. The van der Waals surface area contributed by atoms with Crippen molar-refractivity contribution in [2.45, 2.75) is 44.7 Å². The maximum absolute atomic E-state index is 11.4. The van der Waals surface area contributed by atoms with E-state index >= 15 is 0 Å². The van der Waals surface area contributed by atoms with E-state index in [1.54, 1.807) is 0 Å². The van der Waals surface area contributed by atoms with Crippen molar-refractivity contribution < 1.29 is 9.90 Å². The summed E-state index contributed by atoms with van der Waals surface area (Å²) in [7, 11) is 0. The molecule has 2 heterocycles. The van der Waals surface area contributed by atoms with Crippen molar-refractivity contribution in [1.82, 2.24) is 15.1 Å². The van der Waals surface area contributed by atoms with Crippen LogP contribution in [0.15, 0.2) is 0 Å². The highest BCUT2D eigenvalue weighted by Gasteiger charge is 2.33. The average Bonchev–Trinajstić information content (AvgIpc) is 2.65. The van der Waals surface area contributed by atoms with E-state index in [0.717, 1.165) is 32.5 Å². The molecule has 0 aromatic heterocycles. The Labute approximate surface area is 115 Å². The third-order valence-corrected chi connectivity index (χ3v) is 4.37. The smallest absolute Gasteiger partial charge is 0.322 e. The SMILES string of the molecule is CCCN1CCCC(N2CCNCC2C(=O)O)CC1. The second kappa shape index (κ2) is 7.22. The summed E-state index contributed by atoms with van der Waals surface area (Å²) in [5.41, 5.74) is 0. The van der Waals surface area contributed by atoms with Crippen LogP contribution in [0.4, 0.5) is 0 Å². The molecule has 0 radical (unpaired) electrons. The van der Waals surface area contributed by atoms with Crippen LogP contribution in [0.5, 0.6) is 0 Å². The van der Waals surface area contributed by atoms with Gasteiger partial charge in [-0.25, -0.2) is 0 Å². The van der Waals surface area contributed by atoms with Gasteiger partial charge in [-0.3, -0.25) is 9.69 Å². The molecule has 2 rings (SSSR count). The van der Waals surface area contributed by atoms with Gasteiger partial charge in [-0.2, -0.15) is 0 Å². The number of aliphatic carboxylic acids is 1. The molecule has 2 fully saturated rings. The van der Waals surface area contributed by atoms with E-state index in [1.807, 2.05) is 0 Å². The van der Waals surface area contributed by atoms with E-state index < -0.39 is 5.97 Å². The summed E-state index contributed by atoms with van der Waals surface area (Å²) in [6.07, 6.45) is 4.66. The first kappa shape index (κ1) is 14.8. The van der Waals surface area contributed by atoms with Crippen molar-refractivity contribution in [3.8, 4) is 0 Å². The maximum atomic E-state index is 11.4. The normalized spacial score (nSPS) is 31.0. The number of carboxylic acid groups (broad SMARTS) is 1. The average molecular weight is 269 g/mol. The lowest BCUT2D eigenvalue weighted by molar-refractivity contribution is -0.145. The van der Waals surface area contributed by atoms with Gasteiger partial charge < -0.3 is 15.3 Å². The number of hydrogen-bond donors (Lipinski definition) is 2. The van der Waals surface area contributed by atoms with Gasteiger partial charge in [-0.05, 0) is 45.3 Å². The summed E-state index contributed by atoms with van der Waals surface area (Å²) in [4.78, 5) is 16.1. The lowest BCUT2D eigenvalue weighted by Gasteiger charge is -2.39. The van der Waals surface area contributed by atoms with Crippen molar-refractivity contribution in [3.05, 3.63) is 0 Å². The molecule has 2 aliphatic heterocycles. The van der Waals surface area contributed by atoms with Crippen LogP contribution in [-0.4, -0.2) is 72.2 Å². The van der Waals surface area contributed by atoms with Crippen molar-refractivity contribution >= 4 is 5.97 Å². The van der Waals surface area contributed by atoms with E-state index in [-0.39, 0.29) is 6.04 Å². The summed E-state index contributed by atoms with van der Waals surface area (Å²) in [5, 5.41) is 12.6. The molecule has 0 amide bonds. The minimum absolute atomic E-state index is 0.337. The van der Waals surface area contributed by atoms with E-state index in [1.165, 1.54) is 25.9 Å². The number of rotatable bonds is 4. The summed E-state index contributed by atoms with van der Waals surface area (Å²) < 4.78 is 0. The second-order valence-corrected chi connectivity index (χ2v) is 5.72. The first-order valence-corrected chi connectivity index (χ1v) is 7.64. The van der Waals surface area contributed by atoms with Crippen LogP contribution in [0.3, 0.4) is 0 Å². The zero-order chi connectivity index (χ0) is 13.7. The Kier molecular flexibility index (Phi) is 5.60. The number of carboxylic acids is 1. The highest BCUT2D eigenvalue weighted by Crippen LogP contribution is 2.20. The number of nitrogens with zero attached hydrogens (tertiary/aromatic N) is 2. The van der Waals surface area contributed by atoms with E-state index in [0.29, 0.717) is 12.6 Å². The van der Waals surface area contributed by atoms with Crippen molar-refractivity contribution in [2.24, 2.45) is 0 Å². The highest BCUT2D eigenvalue weighted by molar-refractivity contribution is 5.74. The van der Waals surface area contributed by atoms with Crippen LogP contribution >= 0.6 is 0 Å². The molecule has 0 aromatic rings. The lowest BCUT2D eigenvalue weighted by atomic mass is 10.0. The molecule has 110 valence electrons. The predicted octanol–water partition coefficient (Wildman–Crippen LogP) is 0.609. The van der Waals surface area contributed by atoms with Gasteiger partial charge in [-0.1, -0.05) is 6.92 Å². The number of piperazine rings is 1. The van der Waals surface area contributed by atoms with Gasteiger partial charge >= 0.3 is 5.97 Å². The number of hydrogen-bond acceptors (Lipinski definition) is 4. The molecule has 0 aliphatic carbocycles. The van der Waals surface area contributed by atoms with Crippen LogP contribution < -0.4 is 5.32 Å². The molecule has 2 saturated heterocycles. The van der Waals surface area contributed by atoms with Crippen LogP contribution in [0, 0.1) is 0 Å². The number of nitrogens with one attached hydrogen (secondary N) is 1. The minimum atomic E-state index is -0.679. The topological polar surface area (TPSA) is 55.8 Å². The summed E-state index contributed by atoms with van der Waals surface area (Å²) in [5.74, 6) is -0.679. The molecule has 19 heavy (non-hydrogen) atoms. The molecule has 5 heteroatoms. The van der Waals surface area contributed by atoms with Crippen LogP contribution in [0.1, 0.15) is 32.6 Å². The number of carbonyl (C=O) groups is 1. The van der Waals surface area contributed by atoms with Crippen molar-refractivity contribution in [2.75, 3.05) is 39.3 Å². The predicted molar refractivity (Wildman–Crippen MR) is 75.4 cm³/mol. The quantitative estimate of drug-likeness (QED) is 0.783. The first-order chi connectivity index (χ1) is 9.22. The molecular weight excluding hydrogens is 242 g/mol. The molecule has 2 unspecified atom stereocenters. The zero-order valence-corrected chi connectivity index (χ0v) is 12.0. The van der Waals surface area contributed by atoms with E-state index in [2.05, 4.69) is 22.0 Å². The van der Waals surface area contributed by atoms with Gasteiger partial charge in [0.05, 0.1) is 0 Å². The third-order valence-electron chi connectivity index (χ3n) is 4.37. The Morgan fingerprint density at radius 3 is 2.89 bits per heavy atom. The molecule has 2 aliphatic rings. The summed E-state index contributed by atoms with van der Waals surface area (Å²) in [6, 6.07) is 0.113. The molecular formula is C14H27N3O2. The Morgan fingerprint density at radius 1 is 1.32 bits per heavy atom. The Morgan fingerprint density at radius 2 is 2.16 bits per heavy atom. The molecule has 0 spiro atoms. The first-order valence-electron chi connectivity index (χ1n) is 7.64. The molecule has 5 nitrogen and oxygen atoms in total. The van der Waals surface area contributed by atoms with Crippen LogP contribution in [0.25, 0.3) is 0 Å². The van der Waals surface area contributed by atoms with Gasteiger partial charge in [0.1, 0.15) is 6.04 Å². The zero-order valence-electron chi connectivity index (χ0n) is 12.0. The van der Waals surface area contributed by atoms with Gasteiger partial charge in [0.25, 0.3) is 0 Å². The van der Waals surface area contributed by atoms with Crippen molar-refractivity contribution in [1.29, 1.82) is 0 Å². The molecule has 2 atom stereocenters. The van der Waals surface area contributed by atoms with Crippen LogP contribution in [-0.2, 0) is 4.79 Å². The molecule has 0 saturated carbocycles. The highest BCUT2D eigenvalue weighted by atomic mass is 16.4. The molecule has 2 N–H and O–H groups in total. The third kappa shape index (κ3) is 3.91. The lowest BCUT2D eigenvalue weighted by Crippen LogP contribution is -2.58. The van der Waals surface area contributed by atoms with Crippen LogP contribution in [0.2, 0.25) is 0 Å². The number of likely N-dealkylation sites (tertiary alicyclic amines) is 1. The Hall–Kier alpha value is -0.650. The Bertz CT molecular complexity index is 298. The monoisotopic (exact) mass is 269 g/mol. The summed E-state index contributed by atoms with van der Waals surface area (Å²) in [6.45, 7) is 8.07. The minimum Gasteiger partial charge on any atom is -0.480 e. The Balaban J connectivity index is 1.94. The summed E-state index contributed by atoms with van der Waals surface area (Å²) >= 11 is 0. The van der Waals surface area contributed by atoms with Crippen molar-refractivity contribution in [3.63, 3.8) is 0 Å². The van der Waals surface area contributed by atoms with Gasteiger partial charge in [0, 0.05) is 25.7 Å². The fraction of sp³-hybridized carbons (Fsp3) is 0.929. The van der Waals surface area contributed by atoms with Gasteiger partial charge in [0.2, 0.25) is 0 Å². The van der Waals surface area contributed by atoms with Gasteiger partial charge in [0.15, 0.2) is 0 Å². The fourth-order valence-corrected chi connectivity index (χ4v) is 3.40.